The number of benzene rings is 1. The Hall–Kier alpha value is -3.78. The molecule has 2 saturated heterocycles. The first kappa shape index (κ1) is 30.9. The predicted octanol–water partition coefficient (Wildman–Crippen LogP) is 4.51. The van der Waals surface area contributed by atoms with Crippen LogP contribution in [-0.2, 0) is 11.3 Å². The van der Waals surface area contributed by atoms with Crippen LogP contribution in [0, 0.1) is 0 Å². The molecule has 1 aromatic carbocycles. The van der Waals surface area contributed by atoms with E-state index in [0.717, 1.165) is 50.0 Å². The number of hydrogen-bond acceptors (Lipinski definition) is 11. The molecule has 1 saturated carbocycles. The average Bonchev–Trinajstić information content (AvgIpc) is 3.79. The van der Waals surface area contributed by atoms with Crippen molar-refractivity contribution in [3.05, 3.63) is 54.5 Å². The van der Waals surface area contributed by atoms with Gasteiger partial charge in [-0.25, -0.2) is 19.6 Å². The molecule has 13 nitrogen and oxygen atoms in total. The fraction of sp³-hybridized carbons (Fsp3) is 0.531. The van der Waals surface area contributed by atoms with E-state index in [9.17, 15) is 5.11 Å². The summed E-state index contributed by atoms with van der Waals surface area (Å²) in [6.07, 6.45) is 15.4. The summed E-state index contributed by atoms with van der Waals surface area (Å²) in [5.74, 6) is 1.41. The normalized spacial score (nSPS) is 23.7. The summed E-state index contributed by atoms with van der Waals surface area (Å²) < 4.78 is 21.4. The Morgan fingerprint density at radius 1 is 1.02 bits per heavy atom. The highest BCUT2D eigenvalue weighted by atomic mass is 35.5. The minimum absolute atomic E-state index is 0.101. The monoisotopic (exact) mass is 649 g/mol. The van der Waals surface area contributed by atoms with Gasteiger partial charge in [-0.2, -0.15) is 5.10 Å². The van der Waals surface area contributed by atoms with E-state index in [-0.39, 0.29) is 25.4 Å². The summed E-state index contributed by atoms with van der Waals surface area (Å²) in [6, 6.07) is 7.67. The summed E-state index contributed by atoms with van der Waals surface area (Å²) in [5.41, 5.74) is 2.35. The first-order chi connectivity index (χ1) is 22.5. The molecule has 46 heavy (non-hydrogen) atoms. The molecule has 1 aliphatic carbocycles. The van der Waals surface area contributed by atoms with Gasteiger partial charge >= 0.3 is 0 Å². The highest BCUT2D eigenvalue weighted by Crippen LogP contribution is 2.39. The predicted molar refractivity (Wildman–Crippen MR) is 171 cm³/mol. The molecule has 2 bridgehead atoms. The molecule has 4 aromatic rings. The molecule has 2 N–H and O–H groups in total. The quantitative estimate of drug-likeness (QED) is 0.224. The van der Waals surface area contributed by atoms with E-state index in [0.29, 0.717) is 53.0 Å². The van der Waals surface area contributed by atoms with Crippen LogP contribution in [-0.4, -0.2) is 95.2 Å². The molecule has 3 fully saturated rings. The number of ether oxygens (including phenoxy) is 3. The average molecular weight is 650 g/mol. The Balaban J connectivity index is 1.01. The second-order valence-electron chi connectivity index (χ2n) is 12.3. The number of aliphatic hydroxyl groups is 1. The van der Waals surface area contributed by atoms with Crippen LogP contribution in [0.5, 0.6) is 11.6 Å². The number of aliphatic hydroxyl groups excluding tert-OH is 1. The summed E-state index contributed by atoms with van der Waals surface area (Å²) in [5, 5.41) is 22.1. The van der Waals surface area contributed by atoms with E-state index in [4.69, 9.17) is 30.9 Å². The van der Waals surface area contributed by atoms with Crippen molar-refractivity contribution in [3.8, 4) is 22.8 Å². The van der Waals surface area contributed by atoms with Gasteiger partial charge in [-0.05, 0) is 63.1 Å². The Morgan fingerprint density at radius 2 is 1.76 bits per heavy atom. The van der Waals surface area contributed by atoms with Gasteiger partial charge in [0.2, 0.25) is 5.95 Å². The van der Waals surface area contributed by atoms with E-state index < -0.39 is 0 Å². The number of fused-ring (bicyclic) bond motifs is 2. The van der Waals surface area contributed by atoms with Crippen molar-refractivity contribution in [1.29, 1.82) is 0 Å². The minimum Gasteiger partial charge on any atom is -0.487 e. The van der Waals surface area contributed by atoms with Crippen LogP contribution in [0.2, 0.25) is 5.02 Å². The molecule has 0 unspecified atom stereocenters. The molecule has 0 radical (unpaired) electrons. The number of hydrogen-bond donors (Lipinski definition) is 2. The summed E-state index contributed by atoms with van der Waals surface area (Å²) in [6.45, 7) is 4.29. The van der Waals surface area contributed by atoms with Crippen LogP contribution >= 0.6 is 11.6 Å². The maximum Gasteiger partial charge on any atom is 0.257 e. The number of aromatic nitrogens is 7. The second kappa shape index (κ2) is 13.9. The summed E-state index contributed by atoms with van der Waals surface area (Å²) >= 11 is 6.45. The van der Waals surface area contributed by atoms with Crippen LogP contribution in [0.4, 0.5) is 11.6 Å². The number of nitrogens with one attached hydrogen (secondary N) is 1. The molecular formula is C32H40ClN9O4. The van der Waals surface area contributed by atoms with Crippen molar-refractivity contribution < 1.29 is 19.3 Å². The lowest BCUT2D eigenvalue weighted by molar-refractivity contribution is -0.0458. The third-order valence-electron chi connectivity index (χ3n) is 9.19. The van der Waals surface area contributed by atoms with Gasteiger partial charge in [-0.3, -0.25) is 9.58 Å². The van der Waals surface area contributed by atoms with Gasteiger partial charge in [-0.1, -0.05) is 17.7 Å². The van der Waals surface area contributed by atoms with Crippen molar-refractivity contribution in [2.45, 2.75) is 82.3 Å². The van der Waals surface area contributed by atoms with Gasteiger partial charge in [0.25, 0.3) is 5.88 Å². The zero-order valence-corrected chi connectivity index (χ0v) is 26.7. The van der Waals surface area contributed by atoms with E-state index >= 15 is 0 Å². The van der Waals surface area contributed by atoms with Gasteiger partial charge in [0.1, 0.15) is 36.8 Å². The molecule has 0 amide bonds. The molecule has 14 heteroatoms. The third-order valence-corrected chi connectivity index (χ3v) is 9.50. The fourth-order valence-corrected chi connectivity index (χ4v) is 7.22. The van der Waals surface area contributed by atoms with E-state index in [2.05, 4.69) is 30.3 Å². The van der Waals surface area contributed by atoms with Crippen LogP contribution < -0.4 is 14.8 Å². The van der Waals surface area contributed by atoms with E-state index in [1.807, 2.05) is 29.9 Å². The molecule has 5 heterocycles. The second-order valence-corrected chi connectivity index (χ2v) is 12.8. The summed E-state index contributed by atoms with van der Waals surface area (Å²) in [7, 11) is 0. The van der Waals surface area contributed by atoms with Crippen molar-refractivity contribution in [2.75, 3.05) is 31.7 Å². The highest BCUT2D eigenvalue weighted by Gasteiger charge is 2.42. The number of morpholine rings is 1. The van der Waals surface area contributed by atoms with Crippen LogP contribution in [0.25, 0.3) is 11.1 Å². The smallest absolute Gasteiger partial charge is 0.257 e. The number of anilines is 2. The SMILES string of the molecule is C[C@@H](Cn1cncn1)Oc1cc(-c2cnc(Nc3cn(C4CCC(N5[C@@H]6CC[C@H]5COC6)CC4)nc3OCCO)nc2)ccc1Cl. The van der Waals surface area contributed by atoms with Crippen LogP contribution in [0.3, 0.4) is 0 Å². The minimum atomic E-state index is -0.171. The van der Waals surface area contributed by atoms with Gasteiger partial charge in [-0.15, -0.1) is 5.10 Å². The maximum absolute atomic E-state index is 9.40. The van der Waals surface area contributed by atoms with E-state index in [1.54, 1.807) is 29.5 Å². The Kier molecular flexibility index (Phi) is 9.33. The van der Waals surface area contributed by atoms with Crippen LogP contribution in [0.15, 0.2) is 49.4 Å². The van der Waals surface area contributed by atoms with Crippen molar-refractivity contribution >= 4 is 23.2 Å². The lowest BCUT2D eigenvalue weighted by Gasteiger charge is -2.43. The van der Waals surface area contributed by atoms with Crippen molar-refractivity contribution in [1.82, 2.24) is 39.4 Å². The number of rotatable bonds is 12. The van der Waals surface area contributed by atoms with Gasteiger partial charge < -0.3 is 24.6 Å². The molecule has 3 atom stereocenters. The van der Waals surface area contributed by atoms with Crippen molar-refractivity contribution in [3.63, 3.8) is 0 Å². The molecule has 3 aliphatic rings. The largest absolute Gasteiger partial charge is 0.487 e. The molecule has 7 rings (SSSR count). The van der Waals surface area contributed by atoms with Crippen LogP contribution in [0.1, 0.15) is 51.5 Å². The lowest BCUT2D eigenvalue weighted by atomic mass is 9.89. The molecule has 244 valence electrons. The molecule has 3 aromatic heterocycles. The summed E-state index contributed by atoms with van der Waals surface area (Å²) in [4.78, 5) is 15.9. The van der Waals surface area contributed by atoms with Gasteiger partial charge in [0.05, 0.1) is 43.6 Å². The Bertz CT molecular complexity index is 1560. The standard InChI is InChI=1S/C32H40ClN9O4/c1-21(15-40-20-34-19-37-40)46-30-12-22(2-9-28(30)33)23-13-35-32(36-14-23)38-29-16-41(39-31(29)45-11-10-43)24-3-5-25(6-4-24)42-26-7-8-27(42)18-44-17-26/h2,9,12-14,16,19-21,24-27,43H,3-8,10-11,15,17-18H2,1H3,(H,35,36,38)/t21-,24?,25?,26-,27+/m0/s1. The van der Waals surface area contributed by atoms with E-state index in [1.165, 1.54) is 19.2 Å². The lowest BCUT2D eigenvalue weighted by Crippen LogP contribution is -2.52. The number of halogens is 1. The maximum atomic E-state index is 9.40. The zero-order chi connectivity index (χ0) is 31.5. The Morgan fingerprint density at radius 3 is 2.48 bits per heavy atom. The molecule has 2 aliphatic heterocycles. The first-order valence-corrected chi connectivity index (χ1v) is 16.5. The fourth-order valence-electron chi connectivity index (χ4n) is 7.05. The number of nitrogens with zero attached hydrogens (tertiary/aromatic N) is 8. The first-order valence-electron chi connectivity index (χ1n) is 16.1. The highest BCUT2D eigenvalue weighted by molar-refractivity contribution is 6.32. The van der Waals surface area contributed by atoms with Crippen molar-refractivity contribution in [2.24, 2.45) is 0 Å². The van der Waals surface area contributed by atoms with Gasteiger partial charge in [0, 0.05) is 36.1 Å². The third kappa shape index (κ3) is 6.82. The molecular weight excluding hydrogens is 610 g/mol. The van der Waals surface area contributed by atoms with Gasteiger partial charge in [0.15, 0.2) is 0 Å². The zero-order valence-electron chi connectivity index (χ0n) is 25.9. The molecule has 0 spiro atoms. The Labute approximate surface area is 272 Å². The topological polar surface area (TPSA) is 138 Å².